The van der Waals surface area contributed by atoms with Gasteiger partial charge in [0, 0.05) is 22.2 Å². The van der Waals surface area contributed by atoms with E-state index in [0.29, 0.717) is 44.8 Å². The van der Waals surface area contributed by atoms with Gasteiger partial charge in [0.15, 0.2) is 10.1 Å². The molecule has 0 saturated heterocycles. The largest absolute Gasteiger partial charge is 0.384 e. The first-order chi connectivity index (χ1) is 19.6. The summed E-state index contributed by atoms with van der Waals surface area (Å²) in [7, 11) is 0. The molecule has 1 amide bonds. The van der Waals surface area contributed by atoms with Crippen molar-refractivity contribution in [1.29, 1.82) is 10.5 Å². The summed E-state index contributed by atoms with van der Waals surface area (Å²) < 4.78 is 1.31. The molecule has 2 heterocycles. The molecular weight excluding hydrogens is 622 g/mol. The fraction of sp³-hybridized carbons (Fsp3) is 0.241. The van der Waals surface area contributed by atoms with E-state index in [-0.39, 0.29) is 34.3 Å². The second-order valence-corrected chi connectivity index (χ2v) is 13.4. The van der Waals surface area contributed by atoms with Crippen LogP contribution >= 0.6 is 39.0 Å². The zero-order chi connectivity index (χ0) is 29.3. The number of amides is 1. The first-order valence-corrected chi connectivity index (χ1v) is 15.2. The van der Waals surface area contributed by atoms with E-state index in [1.807, 2.05) is 38.1 Å². The van der Waals surface area contributed by atoms with Crippen LogP contribution < -0.4 is 16.0 Å². The molecule has 1 unspecified atom stereocenters. The second-order valence-electron chi connectivity index (χ2n) is 10.3. The molecule has 3 N–H and O–H groups in total. The number of para-hydroxylation sites is 1. The predicted molar refractivity (Wildman–Crippen MR) is 162 cm³/mol. The van der Waals surface area contributed by atoms with E-state index in [0.717, 1.165) is 10.0 Å². The van der Waals surface area contributed by atoms with E-state index in [1.165, 1.54) is 23.1 Å². The Hall–Kier alpha value is -3.97. The van der Waals surface area contributed by atoms with Crippen LogP contribution in [0.15, 0.2) is 80.0 Å². The van der Waals surface area contributed by atoms with Crippen molar-refractivity contribution in [1.82, 2.24) is 10.2 Å². The minimum Gasteiger partial charge on any atom is -0.384 e. The smallest absolute Gasteiger partial charge is 0.234 e. The predicted octanol–water partition coefficient (Wildman–Crippen LogP) is 5.84. The standard InChI is InChI=1S/C29H24BrN7O2S2/c1-29(2)11-21-25(22(38)12-29)24(17-8-4-5-9-19(17)30)18(14-32)26(33)37(21)27-35-36-28(41-27)40-15-23(39)34-20-10-6-3-7-16(20)13-31/h3-10,24H,11-12,15,33H2,1-2H3,(H,34,39). The molecule has 0 radical (unpaired) electrons. The van der Waals surface area contributed by atoms with Crippen molar-refractivity contribution in [2.45, 2.75) is 36.9 Å². The maximum Gasteiger partial charge on any atom is 0.234 e. The quantitative estimate of drug-likeness (QED) is 0.315. The van der Waals surface area contributed by atoms with Gasteiger partial charge in [0.25, 0.3) is 0 Å². The van der Waals surface area contributed by atoms with Gasteiger partial charge in [-0.3, -0.25) is 14.5 Å². The highest BCUT2D eigenvalue weighted by atomic mass is 79.9. The lowest BCUT2D eigenvalue weighted by Crippen LogP contribution is -2.42. The van der Waals surface area contributed by atoms with Gasteiger partial charge in [-0.2, -0.15) is 10.5 Å². The summed E-state index contributed by atoms with van der Waals surface area (Å²) >= 11 is 6.02. The van der Waals surface area contributed by atoms with Crippen LogP contribution in [-0.4, -0.2) is 27.6 Å². The van der Waals surface area contributed by atoms with Crippen LogP contribution in [0.3, 0.4) is 0 Å². The Kier molecular flexibility index (Phi) is 8.00. The molecule has 1 aliphatic carbocycles. The lowest BCUT2D eigenvalue weighted by Gasteiger charge is -2.42. The third-order valence-electron chi connectivity index (χ3n) is 6.83. The molecule has 2 aliphatic rings. The number of nitrogens with one attached hydrogen (secondary N) is 1. The average Bonchev–Trinajstić information content (AvgIpc) is 3.40. The molecule has 41 heavy (non-hydrogen) atoms. The maximum atomic E-state index is 13.7. The summed E-state index contributed by atoms with van der Waals surface area (Å²) in [5.74, 6) is -0.675. The zero-order valence-electron chi connectivity index (χ0n) is 22.1. The summed E-state index contributed by atoms with van der Waals surface area (Å²) in [5.41, 5.74) is 9.50. The fourth-order valence-electron chi connectivity index (χ4n) is 5.10. The van der Waals surface area contributed by atoms with E-state index in [4.69, 9.17) is 5.73 Å². The number of hydrogen-bond acceptors (Lipinski definition) is 10. The van der Waals surface area contributed by atoms with Crippen molar-refractivity contribution in [3.8, 4) is 12.1 Å². The number of carbonyl (C=O) groups excluding carboxylic acids is 2. The van der Waals surface area contributed by atoms with Gasteiger partial charge in [0.05, 0.1) is 34.6 Å². The number of aromatic nitrogens is 2. The van der Waals surface area contributed by atoms with E-state index in [9.17, 15) is 20.1 Å². The van der Waals surface area contributed by atoms with E-state index < -0.39 is 5.92 Å². The maximum absolute atomic E-state index is 13.7. The summed E-state index contributed by atoms with van der Waals surface area (Å²) in [6.45, 7) is 4.06. The van der Waals surface area contributed by atoms with Crippen LogP contribution in [0.2, 0.25) is 0 Å². The Morgan fingerprint density at radius 1 is 1.17 bits per heavy atom. The molecule has 12 heteroatoms. The third-order valence-corrected chi connectivity index (χ3v) is 9.60. The van der Waals surface area contributed by atoms with Crippen LogP contribution in [0, 0.1) is 28.1 Å². The van der Waals surface area contributed by atoms with Crippen molar-refractivity contribution < 1.29 is 9.59 Å². The monoisotopic (exact) mass is 645 g/mol. The van der Waals surface area contributed by atoms with Crippen molar-refractivity contribution in [3.63, 3.8) is 0 Å². The number of hydrogen-bond donors (Lipinski definition) is 2. The zero-order valence-corrected chi connectivity index (χ0v) is 25.4. The Balaban J connectivity index is 1.47. The number of ketones is 1. The van der Waals surface area contributed by atoms with Crippen LogP contribution in [0.1, 0.15) is 43.7 Å². The number of allylic oxidation sites excluding steroid dienone is 3. The lowest BCUT2D eigenvalue weighted by atomic mass is 9.69. The summed E-state index contributed by atoms with van der Waals surface area (Å²) in [4.78, 5) is 28.0. The molecule has 9 nitrogen and oxygen atoms in total. The molecule has 2 aromatic carbocycles. The third kappa shape index (κ3) is 5.64. The Morgan fingerprint density at radius 3 is 2.63 bits per heavy atom. The summed E-state index contributed by atoms with van der Waals surface area (Å²) in [6, 6.07) is 18.6. The Bertz CT molecular complexity index is 1710. The highest BCUT2D eigenvalue weighted by Gasteiger charge is 2.45. The summed E-state index contributed by atoms with van der Waals surface area (Å²) in [6.07, 6.45) is 0.900. The number of benzene rings is 2. The molecule has 1 aliphatic heterocycles. The second kappa shape index (κ2) is 11.5. The molecule has 3 aromatic rings. The van der Waals surface area contributed by atoms with Crippen molar-refractivity contribution in [2.24, 2.45) is 11.1 Å². The average molecular weight is 647 g/mol. The molecule has 0 saturated carbocycles. The molecule has 0 bridgehead atoms. The number of anilines is 2. The molecule has 1 atom stereocenters. The minimum atomic E-state index is -0.604. The topological polar surface area (TPSA) is 149 Å². The van der Waals surface area contributed by atoms with Crippen LogP contribution in [-0.2, 0) is 9.59 Å². The van der Waals surface area contributed by atoms with E-state index in [2.05, 4.69) is 43.6 Å². The van der Waals surface area contributed by atoms with Crippen molar-refractivity contribution >= 4 is 61.5 Å². The van der Waals surface area contributed by atoms with Gasteiger partial charge in [-0.15, -0.1) is 10.2 Å². The van der Waals surface area contributed by atoms with Gasteiger partial charge in [0.2, 0.25) is 11.0 Å². The van der Waals surface area contributed by atoms with E-state index in [1.54, 1.807) is 29.2 Å². The summed E-state index contributed by atoms with van der Waals surface area (Å²) in [5, 5.41) is 31.3. The SMILES string of the molecule is CC1(C)CC(=O)C2=C(C1)N(c1nnc(SCC(=O)Nc3ccccc3C#N)s1)C(N)=C(C#N)C2c1ccccc1Br. The van der Waals surface area contributed by atoms with Crippen molar-refractivity contribution in [2.75, 3.05) is 16.0 Å². The first-order valence-electron chi connectivity index (χ1n) is 12.6. The van der Waals surface area contributed by atoms with Crippen LogP contribution in [0.4, 0.5) is 10.8 Å². The molecule has 0 spiro atoms. The first kappa shape index (κ1) is 28.6. The molecule has 206 valence electrons. The van der Waals surface area contributed by atoms with Gasteiger partial charge >= 0.3 is 0 Å². The number of Topliss-reactive ketones (excluding diaryl/α,β-unsaturated/α-hetero) is 1. The lowest BCUT2D eigenvalue weighted by molar-refractivity contribution is -0.118. The molecule has 1 aromatic heterocycles. The number of carbonyl (C=O) groups is 2. The van der Waals surface area contributed by atoms with Crippen LogP contribution in [0.5, 0.6) is 0 Å². The minimum absolute atomic E-state index is 0.0318. The van der Waals surface area contributed by atoms with Gasteiger partial charge in [-0.1, -0.05) is 83.2 Å². The number of nitrogens with zero attached hydrogens (tertiary/aromatic N) is 5. The molecular formula is C29H24BrN7O2S2. The molecule has 0 fully saturated rings. The molecule has 5 rings (SSSR count). The Morgan fingerprint density at radius 2 is 1.90 bits per heavy atom. The van der Waals surface area contributed by atoms with E-state index >= 15 is 0 Å². The van der Waals surface area contributed by atoms with Gasteiger partial charge in [0.1, 0.15) is 11.9 Å². The highest BCUT2D eigenvalue weighted by Crippen LogP contribution is 2.51. The van der Waals surface area contributed by atoms with Gasteiger partial charge < -0.3 is 11.1 Å². The number of nitrogens with two attached hydrogens (primary N) is 1. The number of nitriles is 2. The number of rotatable bonds is 6. The normalized spacial score (nSPS) is 18.0. The van der Waals surface area contributed by atoms with Gasteiger partial charge in [-0.05, 0) is 35.6 Å². The van der Waals surface area contributed by atoms with Crippen LogP contribution in [0.25, 0.3) is 0 Å². The highest BCUT2D eigenvalue weighted by molar-refractivity contribution is 9.10. The Labute approximate surface area is 253 Å². The number of thioether (sulfide) groups is 1. The van der Waals surface area contributed by atoms with Crippen molar-refractivity contribution in [3.05, 3.63) is 86.8 Å². The number of halogens is 1. The fourth-order valence-corrected chi connectivity index (χ4v) is 7.30. The van der Waals surface area contributed by atoms with Gasteiger partial charge in [-0.25, -0.2) is 0 Å².